The molecule has 0 bridgehead atoms. The van der Waals surface area contributed by atoms with Crippen LogP contribution in [-0.4, -0.2) is 24.1 Å². The number of nitro benzene ring substituents is 1. The SMILES string of the molecule is Cc1cc([N+](=O)[O-])c(C)cc1NC1CCCNCC1. The lowest BCUT2D eigenvalue weighted by atomic mass is 10.1. The van der Waals surface area contributed by atoms with Crippen molar-refractivity contribution >= 4 is 11.4 Å². The minimum Gasteiger partial charge on any atom is -0.382 e. The second kappa shape index (κ2) is 6.02. The van der Waals surface area contributed by atoms with Gasteiger partial charge >= 0.3 is 0 Å². The van der Waals surface area contributed by atoms with E-state index in [4.69, 9.17) is 0 Å². The van der Waals surface area contributed by atoms with Crippen molar-refractivity contribution < 1.29 is 4.92 Å². The van der Waals surface area contributed by atoms with Crippen LogP contribution in [-0.2, 0) is 0 Å². The summed E-state index contributed by atoms with van der Waals surface area (Å²) in [4.78, 5) is 10.6. The average molecular weight is 263 g/mol. The molecule has 1 unspecified atom stereocenters. The largest absolute Gasteiger partial charge is 0.382 e. The Hall–Kier alpha value is -1.62. The van der Waals surface area contributed by atoms with Crippen LogP contribution < -0.4 is 10.6 Å². The molecular weight excluding hydrogens is 242 g/mol. The van der Waals surface area contributed by atoms with Gasteiger partial charge in [0.2, 0.25) is 0 Å². The van der Waals surface area contributed by atoms with Gasteiger partial charge in [-0.3, -0.25) is 10.1 Å². The summed E-state index contributed by atoms with van der Waals surface area (Å²) in [7, 11) is 0. The van der Waals surface area contributed by atoms with Gasteiger partial charge in [-0.15, -0.1) is 0 Å². The second-order valence-corrected chi connectivity index (χ2v) is 5.23. The standard InChI is InChI=1S/C14H21N3O2/c1-10-9-14(17(18)19)11(2)8-13(10)16-12-4-3-6-15-7-5-12/h8-9,12,15-16H,3-7H2,1-2H3. The van der Waals surface area contributed by atoms with Crippen LogP contribution in [0.2, 0.25) is 0 Å². The first-order chi connectivity index (χ1) is 9.08. The number of nitrogens with zero attached hydrogens (tertiary/aromatic N) is 1. The summed E-state index contributed by atoms with van der Waals surface area (Å²) in [6.45, 7) is 5.82. The Labute approximate surface area is 113 Å². The summed E-state index contributed by atoms with van der Waals surface area (Å²) in [5, 5.41) is 17.8. The van der Waals surface area contributed by atoms with Gasteiger partial charge in [0.25, 0.3) is 5.69 Å². The van der Waals surface area contributed by atoms with Gasteiger partial charge in [0.15, 0.2) is 0 Å². The van der Waals surface area contributed by atoms with E-state index < -0.39 is 0 Å². The molecule has 5 heteroatoms. The maximum atomic E-state index is 10.9. The van der Waals surface area contributed by atoms with Crippen molar-refractivity contribution in [3.63, 3.8) is 0 Å². The van der Waals surface area contributed by atoms with Crippen molar-refractivity contribution in [1.82, 2.24) is 5.32 Å². The summed E-state index contributed by atoms with van der Waals surface area (Å²) < 4.78 is 0. The molecule has 0 aliphatic carbocycles. The number of nitro groups is 1. The smallest absolute Gasteiger partial charge is 0.272 e. The first-order valence-electron chi connectivity index (χ1n) is 6.81. The van der Waals surface area contributed by atoms with Crippen LogP contribution in [0.3, 0.4) is 0 Å². The minimum atomic E-state index is -0.318. The van der Waals surface area contributed by atoms with Crippen molar-refractivity contribution in [2.24, 2.45) is 0 Å². The Morgan fingerprint density at radius 3 is 2.79 bits per heavy atom. The van der Waals surface area contributed by atoms with E-state index in [9.17, 15) is 10.1 Å². The van der Waals surface area contributed by atoms with Crippen LogP contribution in [0.4, 0.5) is 11.4 Å². The lowest BCUT2D eigenvalue weighted by Crippen LogP contribution is -2.22. The second-order valence-electron chi connectivity index (χ2n) is 5.23. The zero-order chi connectivity index (χ0) is 13.8. The molecule has 1 aromatic rings. The fourth-order valence-electron chi connectivity index (χ4n) is 2.54. The average Bonchev–Trinajstić information content (AvgIpc) is 2.61. The maximum absolute atomic E-state index is 10.9. The summed E-state index contributed by atoms with van der Waals surface area (Å²) in [6.07, 6.45) is 3.40. The third kappa shape index (κ3) is 3.44. The van der Waals surface area contributed by atoms with Crippen LogP contribution in [0.25, 0.3) is 0 Å². The van der Waals surface area contributed by atoms with E-state index in [-0.39, 0.29) is 10.6 Å². The summed E-state index contributed by atoms with van der Waals surface area (Å²) in [6, 6.07) is 4.01. The Kier molecular flexibility index (Phi) is 4.37. The molecule has 104 valence electrons. The lowest BCUT2D eigenvalue weighted by Gasteiger charge is -2.19. The Morgan fingerprint density at radius 1 is 1.26 bits per heavy atom. The molecule has 2 rings (SSSR count). The Balaban J connectivity index is 2.16. The Morgan fingerprint density at radius 2 is 2.05 bits per heavy atom. The van der Waals surface area contributed by atoms with Crippen LogP contribution in [0.5, 0.6) is 0 Å². The molecule has 2 N–H and O–H groups in total. The van der Waals surface area contributed by atoms with Crippen LogP contribution in [0, 0.1) is 24.0 Å². The summed E-state index contributed by atoms with van der Waals surface area (Å²) in [5.41, 5.74) is 2.87. The number of hydrogen-bond acceptors (Lipinski definition) is 4. The zero-order valence-corrected chi connectivity index (χ0v) is 11.5. The molecule has 1 aromatic carbocycles. The van der Waals surface area contributed by atoms with Gasteiger partial charge in [0, 0.05) is 23.4 Å². The highest BCUT2D eigenvalue weighted by Crippen LogP contribution is 2.27. The molecule has 1 heterocycles. The number of aryl methyl sites for hydroxylation is 2. The van der Waals surface area contributed by atoms with Crippen LogP contribution >= 0.6 is 0 Å². The fraction of sp³-hybridized carbons (Fsp3) is 0.571. The normalized spacial score (nSPS) is 19.8. The van der Waals surface area contributed by atoms with E-state index in [2.05, 4.69) is 10.6 Å². The zero-order valence-electron chi connectivity index (χ0n) is 11.5. The summed E-state index contributed by atoms with van der Waals surface area (Å²) in [5.74, 6) is 0. The molecule has 0 amide bonds. The molecule has 1 fully saturated rings. The number of benzene rings is 1. The monoisotopic (exact) mass is 263 g/mol. The van der Waals surface area contributed by atoms with E-state index in [1.807, 2.05) is 13.0 Å². The molecule has 0 saturated carbocycles. The van der Waals surface area contributed by atoms with Crippen molar-refractivity contribution in [2.75, 3.05) is 18.4 Å². The molecule has 1 aliphatic heterocycles. The quantitative estimate of drug-likeness (QED) is 0.650. The number of hydrogen-bond donors (Lipinski definition) is 2. The van der Waals surface area contributed by atoms with Crippen LogP contribution in [0.15, 0.2) is 12.1 Å². The molecule has 1 atom stereocenters. The first-order valence-corrected chi connectivity index (χ1v) is 6.81. The first kappa shape index (κ1) is 13.8. The highest BCUT2D eigenvalue weighted by atomic mass is 16.6. The van der Waals surface area contributed by atoms with Gasteiger partial charge in [-0.1, -0.05) is 0 Å². The highest BCUT2D eigenvalue weighted by molar-refractivity contribution is 5.59. The number of anilines is 1. The van der Waals surface area contributed by atoms with Crippen molar-refractivity contribution in [1.29, 1.82) is 0 Å². The molecule has 0 spiro atoms. The predicted octanol–water partition coefficient (Wildman–Crippen LogP) is 2.77. The van der Waals surface area contributed by atoms with Gasteiger partial charge in [-0.05, 0) is 57.8 Å². The van der Waals surface area contributed by atoms with Gasteiger partial charge in [-0.25, -0.2) is 0 Å². The molecule has 5 nitrogen and oxygen atoms in total. The van der Waals surface area contributed by atoms with E-state index in [1.165, 1.54) is 6.42 Å². The number of rotatable bonds is 3. The minimum absolute atomic E-state index is 0.200. The molecule has 0 aromatic heterocycles. The van der Waals surface area contributed by atoms with E-state index in [0.717, 1.165) is 37.2 Å². The number of nitrogens with one attached hydrogen (secondary N) is 2. The molecule has 0 radical (unpaired) electrons. The maximum Gasteiger partial charge on any atom is 0.272 e. The molecule has 1 saturated heterocycles. The predicted molar refractivity (Wildman–Crippen MR) is 76.7 cm³/mol. The third-order valence-electron chi connectivity index (χ3n) is 3.67. The van der Waals surface area contributed by atoms with E-state index in [1.54, 1.807) is 13.0 Å². The van der Waals surface area contributed by atoms with Gasteiger partial charge < -0.3 is 10.6 Å². The third-order valence-corrected chi connectivity index (χ3v) is 3.67. The fourth-order valence-corrected chi connectivity index (χ4v) is 2.54. The topological polar surface area (TPSA) is 67.2 Å². The van der Waals surface area contributed by atoms with Gasteiger partial charge in [-0.2, -0.15) is 0 Å². The Bertz CT molecular complexity index is 466. The van der Waals surface area contributed by atoms with Gasteiger partial charge in [0.05, 0.1) is 4.92 Å². The van der Waals surface area contributed by atoms with Crippen molar-refractivity contribution in [3.8, 4) is 0 Å². The lowest BCUT2D eigenvalue weighted by molar-refractivity contribution is -0.385. The van der Waals surface area contributed by atoms with Crippen LogP contribution in [0.1, 0.15) is 30.4 Å². The van der Waals surface area contributed by atoms with Gasteiger partial charge in [0.1, 0.15) is 0 Å². The molecule has 19 heavy (non-hydrogen) atoms. The molecule has 1 aliphatic rings. The molecular formula is C14H21N3O2. The van der Waals surface area contributed by atoms with Crippen molar-refractivity contribution in [3.05, 3.63) is 33.4 Å². The van der Waals surface area contributed by atoms with E-state index in [0.29, 0.717) is 11.6 Å². The van der Waals surface area contributed by atoms with E-state index >= 15 is 0 Å². The highest BCUT2D eigenvalue weighted by Gasteiger charge is 2.16. The van der Waals surface area contributed by atoms with Crippen molar-refractivity contribution in [2.45, 2.75) is 39.2 Å². The summed E-state index contributed by atoms with van der Waals surface area (Å²) >= 11 is 0.